The molecule has 0 aromatic heterocycles. The molecule has 20 heavy (non-hydrogen) atoms. The highest BCUT2D eigenvalue weighted by molar-refractivity contribution is 5.51. The van der Waals surface area contributed by atoms with E-state index in [1.165, 1.54) is 11.1 Å². The Morgan fingerprint density at radius 2 is 1.75 bits per heavy atom. The van der Waals surface area contributed by atoms with Crippen LogP contribution in [-0.4, -0.2) is 13.1 Å². The van der Waals surface area contributed by atoms with Crippen LogP contribution >= 0.6 is 0 Å². The van der Waals surface area contributed by atoms with Gasteiger partial charge in [-0.15, -0.1) is 0 Å². The fraction of sp³-hybridized carbons (Fsp3) is 0.222. The van der Waals surface area contributed by atoms with Crippen molar-refractivity contribution in [1.29, 1.82) is 0 Å². The van der Waals surface area contributed by atoms with Crippen molar-refractivity contribution < 1.29 is 4.74 Å². The van der Waals surface area contributed by atoms with Gasteiger partial charge in [0.1, 0.15) is 12.4 Å². The van der Waals surface area contributed by atoms with Gasteiger partial charge in [-0.05, 0) is 37.2 Å². The number of hydrogen-bond donors (Lipinski definition) is 1. The van der Waals surface area contributed by atoms with Gasteiger partial charge in [0.15, 0.2) is 0 Å². The zero-order chi connectivity index (χ0) is 14.2. The Hall–Kier alpha value is -2.06. The van der Waals surface area contributed by atoms with E-state index in [1.807, 2.05) is 37.4 Å². The zero-order valence-electron chi connectivity index (χ0n) is 12.0. The van der Waals surface area contributed by atoms with Gasteiger partial charge in [0, 0.05) is 6.04 Å². The second-order valence-electron chi connectivity index (χ2n) is 4.78. The number of ether oxygens (including phenoxy) is 1. The summed E-state index contributed by atoms with van der Waals surface area (Å²) in [4.78, 5) is 0. The monoisotopic (exact) mass is 267 g/mol. The molecule has 0 aliphatic rings. The minimum absolute atomic E-state index is 0.379. The van der Waals surface area contributed by atoms with Crippen LogP contribution in [0.4, 0.5) is 0 Å². The molecule has 0 saturated carbocycles. The van der Waals surface area contributed by atoms with Crippen LogP contribution in [0.15, 0.2) is 60.7 Å². The smallest absolute Gasteiger partial charge is 0.119 e. The van der Waals surface area contributed by atoms with Crippen molar-refractivity contribution in [2.75, 3.05) is 7.05 Å². The Bertz CT molecular complexity index is 531. The molecule has 1 atom stereocenters. The number of hydrogen-bond acceptors (Lipinski definition) is 2. The van der Waals surface area contributed by atoms with Crippen LogP contribution in [0.5, 0.6) is 5.75 Å². The van der Waals surface area contributed by atoms with E-state index >= 15 is 0 Å². The van der Waals surface area contributed by atoms with Crippen LogP contribution in [0.25, 0.3) is 6.08 Å². The maximum absolute atomic E-state index is 5.76. The first-order valence-corrected chi connectivity index (χ1v) is 6.90. The molecule has 2 heteroatoms. The summed E-state index contributed by atoms with van der Waals surface area (Å²) in [6.07, 6.45) is 4.25. The lowest BCUT2D eigenvalue weighted by molar-refractivity contribution is 0.306. The summed E-state index contributed by atoms with van der Waals surface area (Å²) >= 11 is 0. The van der Waals surface area contributed by atoms with E-state index in [0.29, 0.717) is 12.6 Å². The Labute approximate surface area is 121 Å². The van der Waals surface area contributed by atoms with Crippen molar-refractivity contribution in [3.63, 3.8) is 0 Å². The Balaban J connectivity index is 1.90. The molecule has 1 N–H and O–H groups in total. The molecule has 0 fully saturated rings. The molecule has 0 aliphatic heterocycles. The highest BCUT2D eigenvalue weighted by Crippen LogP contribution is 2.15. The second-order valence-corrected chi connectivity index (χ2v) is 4.78. The third-order valence-electron chi connectivity index (χ3n) is 3.16. The number of rotatable bonds is 6. The summed E-state index contributed by atoms with van der Waals surface area (Å²) in [5, 5.41) is 3.17. The van der Waals surface area contributed by atoms with Crippen LogP contribution in [0.2, 0.25) is 0 Å². The molecule has 2 nitrogen and oxygen atoms in total. The molecule has 2 aromatic rings. The van der Waals surface area contributed by atoms with E-state index in [9.17, 15) is 0 Å². The normalized spacial score (nSPS) is 12.5. The molecule has 2 aromatic carbocycles. The average molecular weight is 267 g/mol. The van der Waals surface area contributed by atoms with Crippen LogP contribution in [0.1, 0.15) is 18.1 Å². The molecule has 2 rings (SSSR count). The number of benzene rings is 2. The van der Waals surface area contributed by atoms with Gasteiger partial charge >= 0.3 is 0 Å². The maximum Gasteiger partial charge on any atom is 0.119 e. The summed E-state index contributed by atoms with van der Waals surface area (Å²) in [5.74, 6) is 0.896. The minimum atomic E-state index is 0.379. The Morgan fingerprint density at radius 1 is 1.05 bits per heavy atom. The third-order valence-corrected chi connectivity index (χ3v) is 3.16. The highest BCUT2D eigenvalue weighted by atomic mass is 16.5. The van der Waals surface area contributed by atoms with Crippen LogP contribution < -0.4 is 10.1 Å². The Morgan fingerprint density at radius 3 is 2.40 bits per heavy atom. The molecular formula is C18H21NO. The van der Waals surface area contributed by atoms with Gasteiger partial charge in [-0.3, -0.25) is 0 Å². The lowest BCUT2D eigenvalue weighted by Gasteiger charge is -2.07. The summed E-state index contributed by atoms with van der Waals surface area (Å²) in [5.41, 5.74) is 2.36. The van der Waals surface area contributed by atoms with Crippen molar-refractivity contribution >= 4 is 6.08 Å². The topological polar surface area (TPSA) is 21.3 Å². The standard InChI is InChI=1S/C18H21NO/c1-15(19-2)8-9-16-10-12-18(13-11-16)20-14-17-6-4-3-5-7-17/h3-13,15,19H,14H2,1-2H3/b9-8+/t15-/m1/s1. The van der Waals surface area contributed by atoms with Crippen molar-refractivity contribution in [2.45, 2.75) is 19.6 Å². The van der Waals surface area contributed by atoms with Gasteiger partial charge < -0.3 is 10.1 Å². The molecule has 104 valence electrons. The largest absolute Gasteiger partial charge is 0.489 e. The molecule has 0 unspecified atom stereocenters. The minimum Gasteiger partial charge on any atom is -0.489 e. The van der Waals surface area contributed by atoms with E-state index in [2.05, 4.69) is 48.7 Å². The average Bonchev–Trinajstić information content (AvgIpc) is 2.52. The van der Waals surface area contributed by atoms with Crippen molar-refractivity contribution in [3.05, 3.63) is 71.8 Å². The molecular weight excluding hydrogens is 246 g/mol. The molecule has 0 spiro atoms. The summed E-state index contributed by atoms with van der Waals surface area (Å²) < 4.78 is 5.76. The number of nitrogens with one attached hydrogen (secondary N) is 1. The van der Waals surface area contributed by atoms with Crippen LogP contribution in [0.3, 0.4) is 0 Å². The lowest BCUT2D eigenvalue weighted by Crippen LogP contribution is -2.17. The third kappa shape index (κ3) is 4.56. The van der Waals surface area contributed by atoms with Crippen LogP contribution in [0, 0.1) is 0 Å². The first-order chi connectivity index (χ1) is 9.78. The quantitative estimate of drug-likeness (QED) is 0.857. The first-order valence-electron chi connectivity index (χ1n) is 6.90. The predicted octanol–water partition coefficient (Wildman–Crippen LogP) is 3.89. The fourth-order valence-corrected chi connectivity index (χ4v) is 1.77. The van der Waals surface area contributed by atoms with E-state index in [1.54, 1.807) is 0 Å². The molecule has 0 amide bonds. The zero-order valence-corrected chi connectivity index (χ0v) is 12.0. The summed E-state index contributed by atoms with van der Waals surface area (Å²) in [7, 11) is 1.95. The summed E-state index contributed by atoms with van der Waals surface area (Å²) in [6.45, 7) is 2.72. The van der Waals surface area contributed by atoms with E-state index in [0.717, 1.165) is 5.75 Å². The predicted molar refractivity (Wildman–Crippen MR) is 84.8 cm³/mol. The Kier molecular flexibility index (Phi) is 5.39. The number of likely N-dealkylation sites (N-methyl/N-ethyl adjacent to an activating group) is 1. The fourth-order valence-electron chi connectivity index (χ4n) is 1.77. The van der Waals surface area contributed by atoms with Crippen LogP contribution in [-0.2, 0) is 6.61 Å². The maximum atomic E-state index is 5.76. The molecule has 0 saturated heterocycles. The van der Waals surface area contributed by atoms with Gasteiger partial charge in [0.05, 0.1) is 0 Å². The highest BCUT2D eigenvalue weighted by Gasteiger charge is 1.96. The second kappa shape index (κ2) is 7.51. The van der Waals surface area contributed by atoms with Crippen molar-refractivity contribution in [2.24, 2.45) is 0 Å². The van der Waals surface area contributed by atoms with Gasteiger partial charge in [0.25, 0.3) is 0 Å². The summed E-state index contributed by atoms with van der Waals surface area (Å²) in [6, 6.07) is 18.7. The van der Waals surface area contributed by atoms with E-state index < -0.39 is 0 Å². The van der Waals surface area contributed by atoms with Crippen molar-refractivity contribution in [1.82, 2.24) is 5.32 Å². The van der Waals surface area contributed by atoms with E-state index in [-0.39, 0.29) is 0 Å². The van der Waals surface area contributed by atoms with E-state index in [4.69, 9.17) is 4.74 Å². The van der Waals surface area contributed by atoms with Gasteiger partial charge in [-0.2, -0.15) is 0 Å². The molecule has 0 radical (unpaired) electrons. The molecule has 0 heterocycles. The molecule has 0 bridgehead atoms. The first kappa shape index (κ1) is 14.4. The SMILES string of the molecule is CN[C@H](C)/C=C/c1ccc(OCc2ccccc2)cc1. The van der Waals surface area contributed by atoms with Gasteiger partial charge in [-0.25, -0.2) is 0 Å². The van der Waals surface area contributed by atoms with Gasteiger partial charge in [-0.1, -0.05) is 54.6 Å². The van der Waals surface area contributed by atoms with Gasteiger partial charge in [0.2, 0.25) is 0 Å². The van der Waals surface area contributed by atoms with Crippen molar-refractivity contribution in [3.8, 4) is 5.75 Å². The molecule has 0 aliphatic carbocycles. The lowest BCUT2D eigenvalue weighted by atomic mass is 10.2.